The number of carbonyl (C=O) groups is 5. The summed E-state index contributed by atoms with van der Waals surface area (Å²) in [5, 5.41) is 11.5. The minimum Gasteiger partial charge on any atom is -0.477 e. The number of carboxylic acids is 1. The van der Waals surface area contributed by atoms with E-state index in [1.807, 2.05) is 0 Å². The molecule has 2 aliphatic heterocycles. The highest BCUT2D eigenvalue weighted by atomic mass is 32.2. The van der Waals surface area contributed by atoms with Gasteiger partial charge in [0.1, 0.15) is 23.7 Å². The van der Waals surface area contributed by atoms with Gasteiger partial charge in [-0.3, -0.25) is 24.1 Å². The van der Waals surface area contributed by atoms with E-state index < -0.39 is 52.8 Å². The van der Waals surface area contributed by atoms with Crippen molar-refractivity contribution >= 4 is 41.5 Å². The predicted octanol–water partition coefficient (Wildman–Crippen LogP) is 0.575. The number of benzene rings is 1. The van der Waals surface area contributed by atoms with Crippen LogP contribution in [0.5, 0.6) is 0 Å². The average Bonchev–Trinajstić information content (AvgIpc) is 2.88. The van der Waals surface area contributed by atoms with Gasteiger partial charge in [0.15, 0.2) is 0 Å². The van der Waals surface area contributed by atoms with E-state index in [2.05, 4.69) is 10.3 Å². The largest absolute Gasteiger partial charge is 0.477 e. The molecule has 1 unspecified atom stereocenters. The minimum atomic E-state index is -1.43. The number of aromatic amines is 1. The van der Waals surface area contributed by atoms with Crippen LogP contribution in [-0.4, -0.2) is 68.5 Å². The Balaban J connectivity index is 1.52. The van der Waals surface area contributed by atoms with Crippen molar-refractivity contribution in [3.63, 3.8) is 0 Å². The second kappa shape index (κ2) is 10.7. The van der Waals surface area contributed by atoms with Crippen molar-refractivity contribution in [2.45, 2.75) is 24.4 Å². The summed E-state index contributed by atoms with van der Waals surface area (Å²) in [5.74, 6) is -4.11. The van der Waals surface area contributed by atoms with Crippen LogP contribution in [0.1, 0.15) is 28.9 Å². The number of rotatable bonds is 8. The highest BCUT2D eigenvalue weighted by molar-refractivity contribution is 8.00. The number of thioether (sulfide) groups is 1. The van der Waals surface area contributed by atoms with Gasteiger partial charge < -0.3 is 24.9 Å². The molecular formula is C24H21N3O9S. The van der Waals surface area contributed by atoms with Crippen molar-refractivity contribution in [2.75, 3.05) is 12.4 Å². The number of hydrogen-bond acceptors (Lipinski definition) is 9. The van der Waals surface area contributed by atoms with E-state index in [0.717, 1.165) is 17.2 Å². The molecule has 3 heterocycles. The van der Waals surface area contributed by atoms with Gasteiger partial charge in [-0.15, -0.1) is 11.8 Å². The Morgan fingerprint density at radius 1 is 1.16 bits per heavy atom. The number of H-pyrrole nitrogens is 1. The van der Waals surface area contributed by atoms with Crippen molar-refractivity contribution in [3.8, 4) is 0 Å². The zero-order valence-corrected chi connectivity index (χ0v) is 20.2. The van der Waals surface area contributed by atoms with Crippen LogP contribution in [-0.2, 0) is 28.7 Å². The minimum absolute atomic E-state index is 0.0126. The van der Waals surface area contributed by atoms with Crippen molar-refractivity contribution in [2.24, 2.45) is 0 Å². The Morgan fingerprint density at radius 3 is 2.51 bits per heavy atom. The Labute approximate surface area is 213 Å². The first kappa shape index (κ1) is 25.7. The number of aromatic nitrogens is 1. The van der Waals surface area contributed by atoms with Gasteiger partial charge in [0.25, 0.3) is 11.8 Å². The third kappa shape index (κ3) is 5.40. The predicted molar refractivity (Wildman–Crippen MR) is 128 cm³/mol. The highest BCUT2D eigenvalue weighted by Gasteiger charge is 2.54. The van der Waals surface area contributed by atoms with E-state index >= 15 is 0 Å². The average molecular weight is 528 g/mol. The number of carboxylic acid groups (broad SMARTS) is 1. The summed E-state index contributed by atoms with van der Waals surface area (Å²) in [6.07, 6.45) is -0.269. The summed E-state index contributed by atoms with van der Waals surface area (Å²) >= 11 is 1.20. The van der Waals surface area contributed by atoms with Crippen molar-refractivity contribution in [1.29, 1.82) is 0 Å². The molecule has 2 aromatic rings. The molecule has 4 rings (SSSR count). The van der Waals surface area contributed by atoms with Crippen LogP contribution in [0.2, 0.25) is 0 Å². The van der Waals surface area contributed by atoms with Crippen molar-refractivity contribution in [3.05, 3.63) is 81.4 Å². The van der Waals surface area contributed by atoms with Crippen LogP contribution < -0.4 is 10.9 Å². The van der Waals surface area contributed by atoms with Crippen LogP contribution >= 0.6 is 11.8 Å². The fourth-order valence-corrected chi connectivity index (χ4v) is 5.15. The van der Waals surface area contributed by atoms with Gasteiger partial charge in [-0.25, -0.2) is 9.59 Å². The van der Waals surface area contributed by atoms with Gasteiger partial charge in [-0.05, 0) is 6.07 Å². The van der Waals surface area contributed by atoms with Gasteiger partial charge >= 0.3 is 17.9 Å². The molecule has 1 fully saturated rings. The molecule has 2 amide bonds. The summed E-state index contributed by atoms with van der Waals surface area (Å²) in [4.78, 5) is 76.5. The SMILES string of the molecule is CC(=O)OCC1=C(C(=O)O)N2C(=O)[C@H](NC(=O)C(OC(=O)c3ccc(=O)[nH]c3)c3ccccc3)[C@H]2SC1. The Bertz CT molecular complexity index is 1330. The van der Waals surface area contributed by atoms with Gasteiger partial charge in [0.2, 0.25) is 11.7 Å². The highest BCUT2D eigenvalue weighted by Crippen LogP contribution is 2.40. The number of ether oxygens (including phenoxy) is 2. The number of fused-ring (bicyclic) bond motifs is 1. The number of esters is 2. The lowest BCUT2D eigenvalue weighted by molar-refractivity contribution is -0.152. The normalized spacial score (nSPS) is 19.3. The second-order valence-corrected chi connectivity index (χ2v) is 9.18. The number of carbonyl (C=O) groups excluding carboxylic acids is 4. The molecule has 0 radical (unpaired) electrons. The lowest BCUT2D eigenvalue weighted by Crippen LogP contribution is -2.71. The first-order valence-electron chi connectivity index (χ1n) is 11.0. The van der Waals surface area contributed by atoms with Crippen molar-refractivity contribution in [1.82, 2.24) is 15.2 Å². The topological polar surface area (TPSA) is 172 Å². The molecule has 12 nitrogen and oxygen atoms in total. The van der Waals surface area contributed by atoms with Gasteiger partial charge in [-0.1, -0.05) is 30.3 Å². The van der Waals surface area contributed by atoms with E-state index in [0.29, 0.717) is 5.56 Å². The van der Waals surface area contributed by atoms with E-state index in [4.69, 9.17) is 9.47 Å². The quantitative estimate of drug-likeness (QED) is 0.326. The molecular weight excluding hydrogens is 506 g/mol. The molecule has 0 bridgehead atoms. The monoisotopic (exact) mass is 527 g/mol. The summed E-state index contributed by atoms with van der Waals surface area (Å²) in [6.45, 7) is 0.918. The standard InChI is InChI=1S/C24H21N3O9S/c1-12(28)35-10-15-11-37-22-17(21(31)27(22)18(15)23(32)33)26-20(30)19(13-5-3-2-4-6-13)36-24(34)14-7-8-16(29)25-9-14/h2-9,17,19,22H,10-11H2,1H3,(H,25,29)(H,26,30)(H,32,33)/t17-,19?,22+/m0/s1. The van der Waals surface area contributed by atoms with Crippen LogP contribution in [0.25, 0.3) is 0 Å². The number of β-lactam (4-membered cyclic amide) rings is 1. The molecule has 192 valence electrons. The first-order chi connectivity index (χ1) is 17.7. The fourth-order valence-electron chi connectivity index (χ4n) is 3.83. The lowest BCUT2D eigenvalue weighted by atomic mass is 10.0. The summed E-state index contributed by atoms with van der Waals surface area (Å²) in [6, 6.07) is 9.46. The third-order valence-electron chi connectivity index (χ3n) is 5.58. The van der Waals surface area contributed by atoms with Gasteiger partial charge in [-0.2, -0.15) is 0 Å². The lowest BCUT2D eigenvalue weighted by Gasteiger charge is -2.49. The van der Waals surface area contributed by atoms with Crippen LogP contribution in [0.15, 0.2) is 64.7 Å². The Kier molecular flexibility index (Phi) is 7.43. The summed E-state index contributed by atoms with van der Waals surface area (Å²) in [5.41, 5.74) is -0.0903. The number of aliphatic carboxylic acids is 1. The molecule has 1 saturated heterocycles. The van der Waals surface area contributed by atoms with Crippen LogP contribution in [0.3, 0.4) is 0 Å². The van der Waals surface area contributed by atoms with Crippen LogP contribution in [0.4, 0.5) is 0 Å². The number of amides is 2. The molecule has 0 aliphatic carbocycles. The second-order valence-electron chi connectivity index (χ2n) is 8.07. The molecule has 0 spiro atoms. The molecule has 3 N–H and O–H groups in total. The smallest absolute Gasteiger partial charge is 0.352 e. The molecule has 37 heavy (non-hydrogen) atoms. The number of nitrogens with one attached hydrogen (secondary N) is 2. The molecule has 1 aromatic carbocycles. The molecule has 2 aliphatic rings. The number of nitrogens with zero attached hydrogens (tertiary/aromatic N) is 1. The third-order valence-corrected chi connectivity index (χ3v) is 6.92. The van der Waals surface area contributed by atoms with E-state index in [9.17, 15) is 33.9 Å². The van der Waals surface area contributed by atoms with E-state index in [-0.39, 0.29) is 29.2 Å². The maximum absolute atomic E-state index is 13.2. The zero-order valence-electron chi connectivity index (χ0n) is 19.3. The fraction of sp³-hybridized carbons (Fsp3) is 0.250. The molecule has 1 aromatic heterocycles. The van der Waals surface area contributed by atoms with Gasteiger partial charge in [0.05, 0.1) is 5.56 Å². The maximum Gasteiger partial charge on any atom is 0.352 e. The molecule has 0 saturated carbocycles. The van der Waals surface area contributed by atoms with E-state index in [1.165, 1.54) is 24.8 Å². The Morgan fingerprint density at radius 2 is 1.89 bits per heavy atom. The number of pyridine rings is 1. The Hall–Kier alpha value is -4.39. The zero-order chi connectivity index (χ0) is 26.7. The van der Waals surface area contributed by atoms with Crippen molar-refractivity contribution < 1.29 is 38.6 Å². The molecule has 13 heteroatoms. The summed E-state index contributed by atoms with van der Waals surface area (Å²) < 4.78 is 10.3. The van der Waals surface area contributed by atoms with Crippen LogP contribution in [0, 0.1) is 0 Å². The number of hydrogen-bond donors (Lipinski definition) is 3. The van der Waals surface area contributed by atoms with E-state index in [1.54, 1.807) is 30.3 Å². The van der Waals surface area contributed by atoms with Gasteiger partial charge in [0, 0.05) is 36.1 Å². The molecule has 3 atom stereocenters. The maximum atomic E-state index is 13.2. The summed E-state index contributed by atoms with van der Waals surface area (Å²) in [7, 11) is 0. The first-order valence-corrected chi connectivity index (χ1v) is 12.0.